The number of pyridine rings is 3. The number of fused-ring (bicyclic) bond motifs is 2. The van der Waals surface area contributed by atoms with Gasteiger partial charge in [-0.3, -0.25) is 19.9 Å². The van der Waals surface area contributed by atoms with E-state index in [9.17, 15) is 4.79 Å². The standard InChI is InChI=1S/C23H21N7O/c1-23(2,3)22(31)27-15-7-13(10-24-12-15)14-8-16-20(29-30-21(16)26-11-14)19-9-18-17(28-19)5-4-6-25-18/h4-12,28H,1-3H3,(H,27,31)(H,26,29,30). The van der Waals surface area contributed by atoms with E-state index >= 15 is 0 Å². The number of aromatic amines is 2. The first-order chi connectivity index (χ1) is 14.9. The van der Waals surface area contributed by atoms with Crippen molar-refractivity contribution in [3.05, 3.63) is 55.1 Å². The Morgan fingerprint density at radius 1 is 1.03 bits per heavy atom. The second-order valence-electron chi connectivity index (χ2n) is 8.48. The van der Waals surface area contributed by atoms with Crippen LogP contribution in [0.5, 0.6) is 0 Å². The highest BCUT2D eigenvalue weighted by molar-refractivity contribution is 5.96. The minimum atomic E-state index is -0.489. The summed E-state index contributed by atoms with van der Waals surface area (Å²) in [4.78, 5) is 28.9. The SMILES string of the molecule is CC(C)(C)C(=O)Nc1cncc(-c2cnc3n[nH]c(-c4cc5ncccc5[nH]4)c3c2)c1. The third-order valence-corrected chi connectivity index (χ3v) is 5.08. The van der Waals surface area contributed by atoms with E-state index in [-0.39, 0.29) is 5.91 Å². The molecule has 5 heterocycles. The molecule has 5 aromatic heterocycles. The zero-order chi connectivity index (χ0) is 21.6. The number of H-pyrrole nitrogens is 2. The van der Waals surface area contributed by atoms with Gasteiger partial charge >= 0.3 is 0 Å². The molecule has 1 amide bonds. The Morgan fingerprint density at radius 3 is 2.68 bits per heavy atom. The van der Waals surface area contributed by atoms with Crippen molar-refractivity contribution in [1.29, 1.82) is 0 Å². The first kappa shape index (κ1) is 18.9. The van der Waals surface area contributed by atoms with Gasteiger partial charge in [-0.15, -0.1) is 0 Å². The summed E-state index contributed by atoms with van der Waals surface area (Å²) in [6.45, 7) is 5.62. The van der Waals surface area contributed by atoms with Crippen LogP contribution in [0.3, 0.4) is 0 Å². The third kappa shape index (κ3) is 3.52. The van der Waals surface area contributed by atoms with Gasteiger partial charge in [0.15, 0.2) is 5.65 Å². The highest BCUT2D eigenvalue weighted by Crippen LogP contribution is 2.31. The van der Waals surface area contributed by atoms with Gasteiger partial charge < -0.3 is 10.3 Å². The zero-order valence-electron chi connectivity index (χ0n) is 17.4. The Morgan fingerprint density at radius 2 is 1.87 bits per heavy atom. The summed E-state index contributed by atoms with van der Waals surface area (Å²) in [5.41, 5.74) is 6.08. The Bertz CT molecular complexity index is 1390. The van der Waals surface area contributed by atoms with Crippen LogP contribution in [0.15, 0.2) is 55.1 Å². The van der Waals surface area contributed by atoms with Crippen LogP contribution >= 0.6 is 0 Å². The molecule has 8 heteroatoms. The second kappa shape index (κ2) is 7.02. The summed E-state index contributed by atoms with van der Waals surface area (Å²) in [6, 6.07) is 9.78. The van der Waals surface area contributed by atoms with Crippen LogP contribution in [-0.4, -0.2) is 36.0 Å². The average Bonchev–Trinajstić information content (AvgIpc) is 3.36. The van der Waals surface area contributed by atoms with Gasteiger partial charge in [0.25, 0.3) is 0 Å². The molecule has 0 spiro atoms. The predicted molar refractivity (Wildman–Crippen MR) is 120 cm³/mol. The van der Waals surface area contributed by atoms with E-state index < -0.39 is 5.41 Å². The van der Waals surface area contributed by atoms with Gasteiger partial charge in [0.05, 0.1) is 34.3 Å². The zero-order valence-corrected chi connectivity index (χ0v) is 17.4. The smallest absolute Gasteiger partial charge is 0.229 e. The van der Waals surface area contributed by atoms with Gasteiger partial charge in [0.2, 0.25) is 5.91 Å². The number of amides is 1. The van der Waals surface area contributed by atoms with Crippen molar-refractivity contribution in [3.8, 4) is 22.5 Å². The van der Waals surface area contributed by atoms with E-state index in [0.29, 0.717) is 11.3 Å². The maximum Gasteiger partial charge on any atom is 0.229 e. The van der Waals surface area contributed by atoms with Crippen molar-refractivity contribution in [3.63, 3.8) is 0 Å². The lowest BCUT2D eigenvalue weighted by molar-refractivity contribution is -0.123. The molecule has 31 heavy (non-hydrogen) atoms. The molecule has 0 aliphatic rings. The van der Waals surface area contributed by atoms with Gasteiger partial charge in [-0.05, 0) is 30.3 Å². The van der Waals surface area contributed by atoms with Gasteiger partial charge in [-0.25, -0.2) is 4.98 Å². The molecule has 3 N–H and O–H groups in total. The van der Waals surface area contributed by atoms with Crippen molar-refractivity contribution in [2.45, 2.75) is 20.8 Å². The first-order valence-electron chi connectivity index (χ1n) is 9.93. The normalized spacial score (nSPS) is 11.8. The van der Waals surface area contributed by atoms with Crippen LogP contribution in [0.4, 0.5) is 5.69 Å². The van der Waals surface area contributed by atoms with E-state index in [1.165, 1.54) is 0 Å². The van der Waals surface area contributed by atoms with E-state index in [1.807, 2.05) is 51.1 Å². The summed E-state index contributed by atoms with van der Waals surface area (Å²) in [6.07, 6.45) is 6.91. The number of anilines is 1. The lowest BCUT2D eigenvalue weighted by Gasteiger charge is -2.17. The fourth-order valence-corrected chi connectivity index (χ4v) is 3.34. The highest BCUT2D eigenvalue weighted by atomic mass is 16.2. The second-order valence-corrected chi connectivity index (χ2v) is 8.48. The molecule has 0 aromatic carbocycles. The molecule has 8 nitrogen and oxygen atoms in total. The third-order valence-electron chi connectivity index (χ3n) is 5.08. The van der Waals surface area contributed by atoms with Crippen LogP contribution in [0.2, 0.25) is 0 Å². The molecule has 0 saturated heterocycles. The van der Waals surface area contributed by atoms with Crippen molar-refractivity contribution in [2.75, 3.05) is 5.32 Å². The fourth-order valence-electron chi connectivity index (χ4n) is 3.34. The number of carbonyl (C=O) groups excluding carboxylic acids is 1. The number of nitrogens with zero attached hydrogens (tertiary/aromatic N) is 4. The lowest BCUT2D eigenvalue weighted by atomic mass is 9.95. The minimum absolute atomic E-state index is 0.0652. The van der Waals surface area contributed by atoms with Crippen LogP contribution < -0.4 is 5.32 Å². The van der Waals surface area contributed by atoms with Crippen LogP contribution in [0.25, 0.3) is 44.6 Å². The molecular formula is C23H21N7O. The Hall–Kier alpha value is -4.07. The maximum atomic E-state index is 12.3. The summed E-state index contributed by atoms with van der Waals surface area (Å²) >= 11 is 0. The topological polar surface area (TPSA) is 112 Å². The van der Waals surface area contributed by atoms with Crippen molar-refractivity contribution >= 4 is 33.7 Å². The van der Waals surface area contributed by atoms with Crippen LogP contribution in [-0.2, 0) is 4.79 Å². The summed E-state index contributed by atoms with van der Waals surface area (Å²) in [7, 11) is 0. The number of hydrogen-bond donors (Lipinski definition) is 3. The van der Waals surface area contributed by atoms with Gasteiger partial charge in [-0.2, -0.15) is 5.10 Å². The quantitative estimate of drug-likeness (QED) is 0.403. The van der Waals surface area contributed by atoms with Crippen molar-refractivity contribution in [2.24, 2.45) is 5.41 Å². The molecule has 5 aromatic rings. The van der Waals surface area contributed by atoms with Crippen molar-refractivity contribution in [1.82, 2.24) is 30.1 Å². The molecule has 0 radical (unpaired) electrons. The predicted octanol–water partition coefficient (Wildman–Crippen LogP) is 4.55. The maximum absolute atomic E-state index is 12.3. The molecule has 0 fully saturated rings. The molecule has 154 valence electrons. The number of nitrogens with one attached hydrogen (secondary N) is 3. The minimum Gasteiger partial charge on any atom is -0.352 e. The molecule has 0 unspecified atom stereocenters. The van der Waals surface area contributed by atoms with Gasteiger partial charge in [0, 0.05) is 40.5 Å². The lowest BCUT2D eigenvalue weighted by Crippen LogP contribution is -2.27. The Kier molecular flexibility index (Phi) is 4.28. The first-order valence-corrected chi connectivity index (χ1v) is 9.93. The molecule has 0 bridgehead atoms. The number of rotatable bonds is 3. The Labute approximate surface area is 178 Å². The van der Waals surface area contributed by atoms with E-state index in [4.69, 9.17) is 0 Å². The van der Waals surface area contributed by atoms with E-state index in [1.54, 1.807) is 24.8 Å². The van der Waals surface area contributed by atoms with Crippen LogP contribution in [0.1, 0.15) is 20.8 Å². The molecular weight excluding hydrogens is 390 g/mol. The monoisotopic (exact) mass is 411 g/mol. The van der Waals surface area contributed by atoms with Crippen LogP contribution in [0, 0.1) is 5.41 Å². The van der Waals surface area contributed by atoms with E-state index in [0.717, 1.165) is 38.9 Å². The molecule has 0 saturated carbocycles. The largest absolute Gasteiger partial charge is 0.352 e. The number of carbonyl (C=O) groups is 1. The van der Waals surface area contributed by atoms with Crippen molar-refractivity contribution < 1.29 is 4.79 Å². The summed E-state index contributed by atoms with van der Waals surface area (Å²) < 4.78 is 0. The summed E-state index contributed by atoms with van der Waals surface area (Å²) in [5.74, 6) is -0.0652. The number of hydrogen-bond acceptors (Lipinski definition) is 5. The Balaban J connectivity index is 1.54. The molecule has 0 aliphatic heterocycles. The summed E-state index contributed by atoms with van der Waals surface area (Å²) in [5, 5.41) is 11.2. The van der Waals surface area contributed by atoms with Gasteiger partial charge in [-0.1, -0.05) is 20.8 Å². The molecule has 0 atom stereocenters. The number of aromatic nitrogens is 6. The fraction of sp³-hybridized carbons (Fsp3) is 0.174. The molecule has 0 aliphatic carbocycles. The average molecular weight is 411 g/mol. The molecule has 5 rings (SSSR count). The van der Waals surface area contributed by atoms with Gasteiger partial charge in [0.1, 0.15) is 0 Å². The van der Waals surface area contributed by atoms with E-state index in [2.05, 4.69) is 35.5 Å². The highest BCUT2D eigenvalue weighted by Gasteiger charge is 2.21.